The van der Waals surface area contributed by atoms with Crippen LogP contribution in [0.2, 0.25) is 0 Å². The first-order valence-corrected chi connectivity index (χ1v) is 8.06. The van der Waals surface area contributed by atoms with Crippen LogP contribution in [0.5, 0.6) is 0 Å². The van der Waals surface area contributed by atoms with Gasteiger partial charge in [-0.05, 0) is 6.42 Å². The largest absolute Gasteiger partial charge is 0.449 e. The average Bonchev–Trinajstić information content (AvgIpc) is 2.61. The van der Waals surface area contributed by atoms with E-state index in [-0.39, 0.29) is 11.8 Å². The second-order valence-electron chi connectivity index (χ2n) is 5.47. The Bertz CT molecular complexity index is 620. The number of benzene rings is 2. The highest BCUT2D eigenvalue weighted by Crippen LogP contribution is 2.23. The van der Waals surface area contributed by atoms with E-state index in [9.17, 15) is 9.59 Å². The van der Waals surface area contributed by atoms with Crippen LogP contribution in [0.25, 0.3) is 0 Å². The number of hydrogen-bond acceptors (Lipinski definition) is 3. The number of hydrogen-bond donors (Lipinski definition) is 0. The minimum absolute atomic E-state index is 0.194. The first kappa shape index (κ1) is 16.9. The van der Waals surface area contributed by atoms with Crippen molar-refractivity contribution in [1.29, 1.82) is 0 Å². The van der Waals surface area contributed by atoms with Gasteiger partial charge in [0.15, 0.2) is 6.10 Å². The Morgan fingerprint density at radius 2 is 1.52 bits per heavy atom. The van der Waals surface area contributed by atoms with Crippen molar-refractivity contribution < 1.29 is 14.3 Å². The summed E-state index contributed by atoms with van der Waals surface area (Å²) in [5, 5.41) is 0. The van der Waals surface area contributed by atoms with E-state index in [4.69, 9.17) is 4.74 Å². The molecule has 0 saturated heterocycles. The number of esters is 1. The highest BCUT2D eigenvalue weighted by Gasteiger charge is 2.25. The van der Waals surface area contributed by atoms with E-state index in [1.165, 1.54) is 0 Å². The lowest BCUT2D eigenvalue weighted by molar-refractivity contribution is -0.147. The van der Waals surface area contributed by atoms with Gasteiger partial charge in [0.05, 0.1) is 0 Å². The van der Waals surface area contributed by atoms with Gasteiger partial charge in [-0.15, -0.1) is 0 Å². The quantitative estimate of drug-likeness (QED) is 0.402. The van der Waals surface area contributed by atoms with Gasteiger partial charge in [-0.1, -0.05) is 80.4 Å². The van der Waals surface area contributed by atoms with Crippen molar-refractivity contribution in [3.05, 3.63) is 71.8 Å². The van der Waals surface area contributed by atoms with Gasteiger partial charge >= 0.3 is 5.97 Å². The van der Waals surface area contributed by atoms with Crippen LogP contribution in [0.15, 0.2) is 60.7 Å². The van der Waals surface area contributed by atoms with Gasteiger partial charge in [-0.2, -0.15) is 0 Å². The molecule has 2 rings (SSSR count). The number of ether oxygens (including phenoxy) is 1. The monoisotopic (exact) mass is 310 g/mol. The SMILES string of the molecule is CCCCCC(=O)OC(C(=O)c1ccccc1)c1ccccc1. The lowest BCUT2D eigenvalue weighted by Gasteiger charge is -2.17. The lowest BCUT2D eigenvalue weighted by atomic mass is 10.00. The molecule has 2 aromatic rings. The number of rotatable bonds is 8. The Hall–Kier alpha value is -2.42. The van der Waals surface area contributed by atoms with Gasteiger partial charge in [0.25, 0.3) is 0 Å². The second-order valence-corrected chi connectivity index (χ2v) is 5.47. The number of carbonyl (C=O) groups excluding carboxylic acids is 2. The third kappa shape index (κ3) is 5.06. The molecule has 0 aliphatic carbocycles. The predicted octanol–water partition coefficient (Wildman–Crippen LogP) is 4.73. The van der Waals surface area contributed by atoms with Gasteiger partial charge < -0.3 is 4.74 Å². The Kier molecular flexibility index (Phi) is 6.55. The van der Waals surface area contributed by atoms with E-state index in [1.54, 1.807) is 24.3 Å². The van der Waals surface area contributed by atoms with Crippen molar-refractivity contribution in [2.45, 2.75) is 38.7 Å². The fraction of sp³-hybridized carbons (Fsp3) is 0.300. The minimum atomic E-state index is -0.882. The van der Waals surface area contributed by atoms with Gasteiger partial charge in [0, 0.05) is 17.5 Å². The molecule has 1 unspecified atom stereocenters. The lowest BCUT2D eigenvalue weighted by Crippen LogP contribution is -2.20. The normalized spacial score (nSPS) is 11.7. The van der Waals surface area contributed by atoms with Crippen molar-refractivity contribution in [3.8, 4) is 0 Å². The summed E-state index contributed by atoms with van der Waals surface area (Å²) in [4.78, 5) is 24.8. The van der Waals surface area contributed by atoms with E-state index in [2.05, 4.69) is 6.92 Å². The van der Waals surface area contributed by atoms with Crippen molar-refractivity contribution in [2.24, 2.45) is 0 Å². The van der Waals surface area contributed by atoms with Crippen LogP contribution in [0, 0.1) is 0 Å². The van der Waals surface area contributed by atoms with Crippen LogP contribution in [0.1, 0.15) is 54.6 Å². The Morgan fingerprint density at radius 1 is 0.913 bits per heavy atom. The van der Waals surface area contributed by atoms with Crippen LogP contribution in [-0.4, -0.2) is 11.8 Å². The predicted molar refractivity (Wildman–Crippen MR) is 90.2 cm³/mol. The van der Waals surface area contributed by atoms with Crippen LogP contribution >= 0.6 is 0 Å². The van der Waals surface area contributed by atoms with E-state index in [0.717, 1.165) is 19.3 Å². The first-order chi connectivity index (χ1) is 11.2. The van der Waals surface area contributed by atoms with Crippen molar-refractivity contribution in [2.75, 3.05) is 0 Å². The molecule has 23 heavy (non-hydrogen) atoms. The van der Waals surface area contributed by atoms with Crippen LogP contribution in [-0.2, 0) is 9.53 Å². The summed E-state index contributed by atoms with van der Waals surface area (Å²) in [6.45, 7) is 2.08. The summed E-state index contributed by atoms with van der Waals surface area (Å²) in [6.07, 6.45) is 2.28. The third-order valence-electron chi connectivity index (χ3n) is 3.63. The van der Waals surface area contributed by atoms with Crippen molar-refractivity contribution >= 4 is 11.8 Å². The van der Waals surface area contributed by atoms with Gasteiger partial charge in [0.2, 0.25) is 5.78 Å². The molecule has 0 N–H and O–H groups in total. The van der Waals surface area contributed by atoms with Gasteiger partial charge in [0.1, 0.15) is 0 Å². The molecule has 0 saturated carbocycles. The molecular weight excluding hydrogens is 288 g/mol. The number of carbonyl (C=O) groups is 2. The summed E-state index contributed by atoms with van der Waals surface area (Å²) >= 11 is 0. The minimum Gasteiger partial charge on any atom is -0.449 e. The molecule has 2 aromatic carbocycles. The maximum atomic E-state index is 12.7. The fourth-order valence-corrected chi connectivity index (χ4v) is 2.36. The molecule has 0 aliphatic heterocycles. The molecule has 0 bridgehead atoms. The molecule has 120 valence electrons. The first-order valence-electron chi connectivity index (χ1n) is 8.06. The average molecular weight is 310 g/mol. The molecule has 0 amide bonds. The Labute approximate surface area is 137 Å². The standard InChI is InChI=1S/C20H22O3/c1-2-3-6-15-18(21)23-20(17-13-9-5-10-14-17)19(22)16-11-7-4-8-12-16/h4-5,7-14,20H,2-3,6,15H2,1H3. The highest BCUT2D eigenvalue weighted by atomic mass is 16.5. The summed E-state index contributed by atoms with van der Waals surface area (Å²) in [7, 11) is 0. The molecule has 3 nitrogen and oxygen atoms in total. The molecular formula is C20H22O3. The molecule has 0 aliphatic rings. The number of ketones is 1. The Morgan fingerprint density at radius 3 is 2.13 bits per heavy atom. The molecule has 0 spiro atoms. The van der Waals surface area contributed by atoms with E-state index >= 15 is 0 Å². The Balaban J connectivity index is 2.16. The van der Waals surface area contributed by atoms with Crippen LogP contribution in [0.4, 0.5) is 0 Å². The summed E-state index contributed by atoms with van der Waals surface area (Å²) < 4.78 is 5.51. The third-order valence-corrected chi connectivity index (χ3v) is 3.63. The molecule has 0 heterocycles. The molecule has 3 heteroatoms. The zero-order valence-electron chi connectivity index (χ0n) is 13.4. The van der Waals surface area contributed by atoms with Gasteiger partial charge in [-0.3, -0.25) is 9.59 Å². The van der Waals surface area contributed by atoms with Crippen LogP contribution in [0.3, 0.4) is 0 Å². The summed E-state index contributed by atoms with van der Waals surface area (Å²) in [5.41, 5.74) is 1.24. The molecule has 0 aromatic heterocycles. The summed E-state index contributed by atoms with van der Waals surface area (Å²) in [6, 6.07) is 18.1. The van der Waals surface area contributed by atoms with E-state index in [1.807, 2.05) is 36.4 Å². The topological polar surface area (TPSA) is 43.4 Å². The van der Waals surface area contributed by atoms with Crippen molar-refractivity contribution in [3.63, 3.8) is 0 Å². The maximum Gasteiger partial charge on any atom is 0.306 e. The molecule has 1 atom stereocenters. The van der Waals surface area contributed by atoms with E-state index in [0.29, 0.717) is 17.5 Å². The summed E-state index contributed by atoms with van der Waals surface area (Å²) in [5.74, 6) is -0.516. The fourth-order valence-electron chi connectivity index (χ4n) is 2.36. The second kappa shape index (κ2) is 8.89. The number of unbranched alkanes of at least 4 members (excludes halogenated alkanes) is 2. The highest BCUT2D eigenvalue weighted by molar-refractivity contribution is 6.00. The zero-order chi connectivity index (χ0) is 16.5. The van der Waals surface area contributed by atoms with Crippen molar-refractivity contribution in [1.82, 2.24) is 0 Å². The zero-order valence-corrected chi connectivity index (χ0v) is 13.4. The number of Topliss-reactive ketones (excluding diaryl/α,β-unsaturated/α-hetero) is 1. The maximum absolute atomic E-state index is 12.7. The smallest absolute Gasteiger partial charge is 0.306 e. The molecule has 0 fully saturated rings. The van der Waals surface area contributed by atoms with E-state index < -0.39 is 6.10 Å². The van der Waals surface area contributed by atoms with Crippen LogP contribution < -0.4 is 0 Å². The van der Waals surface area contributed by atoms with Gasteiger partial charge in [-0.25, -0.2) is 0 Å². The molecule has 0 radical (unpaired) electrons.